The second kappa shape index (κ2) is 6.31. The summed E-state index contributed by atoms with van der Waals surface area (Å²) in [5.74, 6) is 0.776. The van der Waals surface area contributed by atoms with Gasteiger partial charge in [0.15, 0.2) is 0 Å². The molecule has 0 bridgehead atoms. The van der Waals surface area contributed by atoms with Crippen LogP contribution in [0.15, 0.2) is 41.0 Å². The number of carbonyl (C=O) groups is 1. The maximum atomic E-state index is 13.0. The molecule has 2 heterocycles. The van der Waals surface area contributed by atoms with Gasteiger partial charge in [-0.05, 0) is 24.3 Å². The fraction of sp³-hybridized carbons (Fsp3) is 0.409. The molecule has 0 atom stereocenters. The van der Waals surface area contributed by atoms with Gasteiger partial charge in [-0.25, -0.2) is 4.85 Å². The van der Waals surface area contributed by atoms with Gasteiger partial charge >= 0.3 is 0 Å². The Morgan fingerprint density at radius 1 is 1.25 bits per heavy atom. The second-order valence-electron chi connectivity index (χ2n) is 8.70. The monoisotopic (exact) mass is 439 g/mol. The van der Waals surface area contributed by atoms with Crippen molar-refractivity contribution in [1.82, 2.24) is 9.88 Å². The van der Waals surface area contributed by atoms with E-state index in [1.807, 2.05) is 29.2 Å². The summed E-state index contributed by atoms with van der Waals surface area (Å²) < 4.78 is 7.10. The van der Waals surface area contributed by atoms with Gasteiger partial charge in [0.05, 0.1) is 24.4 Å². The van der Waals surface area contributed by atoms with E-state index in [1.54, 1.807) is 12.3 Å². The second-order valence-corrected chi connectivity index (χ2v) is 9.55. The van der Waals surface area contributed by atoms with E-state index in [2.05, 4.69) is 53.5 Å². The molecule has 1 aliphatic heterocycles. The number of rotatable bonds is 3. The minimum Gasteiger partial charge on any atom is -0.489 e. The number of nitrogens with zero attached hydrogens (tertiary/aromatic N) is 3. The molecule has 1 aliphatic carbocycles. The molecule has 6 heteroatoms. The molecule has 5 nitrogen and oxygen atoms in total. The number of hydrogen-bond acceptors (Lipinski definition) is 3. The third-order valence-electron chi connectivity index (χ3n) is 6.07. The predicted octanol–water partition coefficient (Wildman–Crippen LogP) is 5.23. The van der Waals surface area contributed by atoms with E-state index in [9.17, 15) is 4.79 Å². The van der Waals surface area contributed by atoms with Crippen LogP contribution in [0.5, 0.6) is 5.75 Å². The fourth-order valence-electron chi connectivity index (χ4n) is 5.36. The van der Waals surface area contributed by atoms with E-state index in [0.29, 0.717) is 17.8 Å². The van der Waals surface area contributed by atoms with Crippen LogP contribution in [0.25, 0.3) is 4.85 Å². The molecule has 0 spiro atoms. The number of fused-ring (bicyclic) bond motifs is 1. The van der Waals surface area contributed by atoms with Crippen LogP contribution < -0.4 is 4.74 Å². The normalized spacial score (nSPS) is 24.3. The Hall–Kier alpha value is -2.39. The van der Waals surface area contributed by atoms with E-state index in [4.69, 9.17) is 11.3 Å². The van der Waals surface area contributed by atoms with Gasteiger partial charge in [0.1, 0.15) is 11.9 Å². The number of benzene rings is 1. The summed E-state index contributed by atoms with van der Waals surface area (Å²) in [6.45, 7) is 16.3. The topological polar surface area (TPSA) is 46.8 Å². The first-order valence-electron chi connectivity index (χ1n) is 9.26. The lowest BCUT2D eigenvalue weighted by Crippen LogP contribution is -2.74. The summed E-state index contributed by atoms with van der Waals surface area (Å²) >= 11 is 3.43. The first-order valence-corrected chi connectivity index (χ1v) is 10.1. The fourth-order valence-corrected chi connectivity index (χ4v) is 5.80. The molecule has 1 aromatic carbocycles. The molecule has 144 valence electrons. The summed E-state index contributed by atoms with van der Waals surface area (Å²) in [5.41, 5.74) is 1.66. The number of pyridine rings is 1. The first-order chi connectivity index (χ1) is 13.2. The molecule has 0 radical (unpaired) electrons. The van der Waals surface area contributed by atoms with Gasteiger partial charge in [-0.1, -0.05) is 49.7 Å². The van der Waals surface area contributed by atoms with E-state index >= 15 is 0 Å². The van der Waals surface area contributed by atoms with Crippen LogP contribution >= 0.6 is 15.9 Å². The maximum Gasteiger partial charge on any atom is 0.256 e. The molecule has 1 fully saturated rings. The minimum absolute atomic E-state index is 0.0395. The molecule has 0 saturated heterocycles. The maximum absolute atomic E-state index is 13.0. The van der Waals surface area contributed by atoms with E-state index in [-0.39, 0.29) is 28.9 Å². The van der Waals surface area contributed by atoms with Crippen molar-refractivity contribution in [1.29, 1.82) is 0 Å². The SMILES string of the molecule is [C-]#[N+]c1ccc(OC2C(C)(C)C(N3Cc4ncccc4C3=O)C2(C)C)cc1Br. The van der Waals surface area contributed by atoms with Gasteiger partial charge in [-0.2, -0.15) is 0 Å². The number of hydrogen-bond donors (Lipinski definition) is 0. The number of carbonyl (C=O) groups excluding carboxylic acids is 1. The zero-order valence-electron chi connectivity index (χ0n) is 16.4. The molecule has 0 unspecified atom stereocenters. The molecule has 28 heavy (non-hydrogen) atoms. The van der Waals surface area contributed by atoms with Crippen LogP contribution in [0.4, 0.5) is 5.69 Å². The Kier molecular flexibility index (Phi) is 4.27. The Morgan fingerprint density at radius 2 is 1.96 bits per heavy atom. The van der Waals surface area contributed by atoms with Crippen LogP contribution in [0.1, 0.15) is 43.7 Å². The minimum atomic E-state index is -0.230. The van der Waals surface area contributed by atoms with Crippen molar-refractivity contribution in [3.05, 3.63) is 63.7 Å². The molecule has 1 aromatic heterocycles. The largest absolute Gasteiger partial charge is 0.489 e. The Morgan fingerprint density at radius 3 is 2.57 bits per heavy atom. The molecule has 2 aliphatic rings. The van der Waals surface area contributed by atoms with Crippen molar-refractivity contribution in [2.45, 2.75) is 46.4 Å². The van der Waals surface area contributed by atoms with Gasteiger partial charge in [0.2, 0.25) is 5.69 Å². The van der Waals surface area contributed by atoms with Crippen LogP contribution in [-0.4, -0.2) is 27.9 Å². The van der Waals surface area contributed by atoms with Gasteiger partial charge < -0.3 is 9.64 Å². The summed E-state index contributed by atoms with van der Waals surface area (Å²) in [4.78, 5) is 22.8. The van der Waals surface area contributed by atoms with E-state index < -0.39 is 0 Å². The third kappa shape index (κ3) is 2.64. The quantitative estimate of drug-likeness (QED) is 0.614. The molecule has 0 N–H and O–H groups in total. The zero-order valence-corrected chi connectivity index (χ0v) is 17.9. The van der Waals surface area contributed by atoms with Crippen molar-refractivity contribution in [2.75, 3.05) is 0 Å². The molecular formula is C22H22BrN3O2. The number of amides is 1. The van der Waals surface area contributed by atoms with Crippen molar-refractivity contribution < 1.29 is 9.53 Å². The average Bonchev–Trinajstić information content (AvgIpc) is 2.95. The highest BCUT2D eigenvalue weighted by Gasteiger charge is 2.67. The lowest BCUT2D eigenvalue weighted by atomic mass is 9.49. The van der Waals surface area contributed by atoms with Crippen molar-refractivity contribution in [2.24, 2.45) is 10.8 Å². The standard InChI is InChI=1S/C22H22BrN3O2/c1-21(2)19(26-12-17-14(18(26)27)7-6-10-25-17)22(3,4)20(21)28-13-8-9-16(24-5)15(23)11-13/h6-11,19-20H,12H2,1-4H3. The summed E-state index contributed by atoms with van der Waals surface area (Å²) in [7, 11) is 0. The highest BCUT2D eigenvalue weighted by atomic mass is 79.9. The van der Waals surface area contributed by atoms with Crippen LogP contribution in [0.3, 0.4) is 0 Å². The smallest absolute Gasteiger partial charge is 0.256 e. The first kappa shape index (κ1) is 18.9. The Bertz CT molecular complexity index is 993. The molecule has 1 amide bonds. The molecular weight excluding hydrogens is 418 g/mol. The summed E-state index contributed by atoms with van der Waals surface area (Å²) in [5, 5.41) is 0. The van der Waals surface area contributed by atoms with E-state index in [0.717, 1.165) is 15.9 Å². The number of aromatic nitrogens is 1. The molecule has 4 rings (SSSR count). The van der Waals surface area contributed by atoms with Crippen molar-refractivity contribution in [3.63, 3.8) is 0 Å². The highest BCUT2D eigenvalue weighted by molar-refractivity contribution is 9.10. The van der Waals surface area contributed by atoms with Gasteiger partial charge in [0.25, 0.3) is 5.91 Å². The lowest BCUT2D eigenvalue weighted by molar-refractivity contribution is -0.199. The zero-order chi connectivity index (χ0) is 20.3. The summed E-state index contributed by atoms with van der Waals surface area (Å²) in [6, 6.07) is 9.14. The van der Waals surface area contributed by atoms with Crippen molar-refractivity contribution >= 4 is 27.5 Å². The molecule has 2 aromatic rings. The van der Waals surface area contributed by atoms with Gasteiger partial charge in [-0.3, -0.25) is 9.78 Å². The number of halogens is 1. The Labute approximate surface area is 173 Å². The molecule has 1 saturated carbocycles. The van der Waals surface area contributed by atoms with Crippen molar-refractivity contribution in [3.8, 4) is 5.75 Å². The van der Waals surface area contributed by atoms with Crippen LogP contribution in [-0.2, 0) is 6.54 Å². The third-order valence-corrected chi connectivity index (χ3v) is 6.70. The van der Waals surface area contributed by atoms with Gasteiger partial charge in [-0.15, -0.1) is 0 Å². The summed E-state index contributed by atoms with van der Waals surface area (Å²) in [6.07, 6.45) is 1.67. The highest BCUT2D eigenvalue weighted by Crippen LogP contribution is 2.59. The van der Waals surface area contributed by atoms with Crippen LogP contribution in [0, 0.1) is 17.4 Å². The lowest BCUT2D eigenvalue weighted by Gasteiger charge is -2.65. The van der Waals surface area contributed by atoms with Crippen LogP contribution in [0.2, 0.25) is 0 Å². The Balaban J connectivity index is 1.60. The number of ether oxygens (including phenoxy) is 1. The predicted molar refractivity (Wildman–Crippen MR) is 110 cm³/mol. The van der Waals surface area contributed by atoms with Gasteiger partial charge in [0, 0.05) is 27.5 Å². The average molecular weight is 440 g/mol. The van der Waals surface area contributed by atoms with E-state index in [1.165, 1.54) is 0 Å².